The molecule has 0 aromatic carbocycles. The fourth-order valence-corrected chi connectivity index (χ4v) is 3.26. The van der Waals surface area contributed by atoms with Gasteiger partial charge in [0.1, 0.15) is 5.69 Å². The lowest BCUT2D eigenvalue weighted by molar-refractivity contribution is 0.0975. The van der Waals surface area contributed by atoms with E-state index in [4.69, 9.17) is 0 Å². The van der Waals surface area contributed by atoms with E-state index in [0.29, 0.717) is 5.56 Å². The molecule has 0 fully saturated rings. The normalized spacial score (nSPS) is 11.9. The highest BCUT2D eigenvalue weighted by molar-refractivity contribution is 7.90. The Labute approximate surface area is 124 Å². The molecule has 1 amide bonds. The van der Waals surface area contributed by atoms with Crippen molar-refractivity contribution >= 4 is 15.9 Å². The molecule has 0 spiro atoms. The molecule has 22 heavy (non-hydrogen) atoms. The number of nitrogens with one attached hydrogen (secondary N) is 1. The first-order valence-corrected chi connectivity index (χ1v) is 7.49. The van der Waals surface area contributed by atoms with Crippen molar-refractivity contribution < 1.29 is 22.0 Å². The maximum absolute atomic E-state index is 12.6. The van der Waals surface area contributed by atoms with Gasteiger partial charge in [0.2, 0.25) is 0 Å². The van der Waals surface area contributed by atoms with Crippen molar-refractivity contribution in [3.63, 3.8) is 0 Å². The molecule has 11 heteroatoms. The van der Waals surface area contributed by atoms with Crippen molar-refractivity contribution in [2.24, 2.45) is 14.1 Å². The van der Waals surface area contributed by atoms with Gasteiger partial charge in [-0.2, -0.15) is 18.6 Å². The number of alkyl halides is 2. The zero-order chi connectivity index (χ0) is 16.7. The maximum Gasteiger partial charge on any atom is 0.285 e. The van der Waals surface area contributed by atoms with Gasteiger partial charge in [-0.05, 0) is 13.0 Å². The molecule has 0 unspecified atom stereocenters. The second-order valence-electron chi connectivity index (χ2n) is 4.57. The number of carbonyl (C=O) groups excluding carboxylic acids is 1. The summed E-state index contributed by atoms with van der Waals surface area (Å²) in [5, 5.41) is 7.16. The monoisotopic (exact) mass is 333 g/mol. The first-order chi connectivity index (χ1) is 10.1. The van der Waals surface area contributed by atoms with Crippen molar-refractivity contribution in [3.8, 4) is 0 Å². The van der Waals surface area contributed by atoms with E-state index >= 15 is 0 Å². The molecule has 0 saturated carbocycles. The van der Waals surface area contributed by atoms with E-state index < -0.39 is 33.7 Å². The van der Waals surface area contributed by atoms with Crippen LogP contribution in [0.15, 0.2) is 17.3 Å². The number of carbonyl (C=O) groups is 1. The Morgan fingerprint density at radius 1 is 1.32 bits per heavy atom. The standard InChI is InChI=1S/C11H13F2N5O3S/c1-6-5-14-18(3)11(6)22(20,21)16-10(19)7-4-8(9(12)13)17(2)15-7/h4-5,9H,1-3H3,(H,16,19). The number of hydrogen-bond donors (Lipinski definition) is 1. The molecule has 2 aromatic rings. The molecule has 2 heterocycles. The molecule has 0 radical (unpaired) electrons. The summed E-state index contributed by atoms with van der Waals surface area (Å²) in [6, 6.07) is 0.839. The van der Waals surface area contributed by atoms with Crippen LogP contribution in [0.1, 0.15) is 28.2 Å². The van der Waals surface area contributed by atoms with Gasteiger partial charge >= 0.3 is 0 Å². The fraction of sp³-hybridized carbons (Fsp3) is 0.364. The van der Waals surface area contributed by atoms with Crippen LogP contribution in [0, 0.1) is 6.92 Å². The highest BCUT2D eigenvalue weighted by atomic mass is 32.2. The van der Waals surface area contributed by atoms with Crippen LogP contribution in [0.2, 0.25) is 0 Å². The minimum atomic E-state index is -4.19. The predicted molar refractivity (Wildman–Crippen MR) is 70.8 cm³/mol. The van der Waals surface area contributed by atoms with Gasteiger partial charge in [0.25, 0.3) is 22.4 Å². The van der Waals surface area contributed by atoms with Crippen molar-refractivity contribution in [2.75, 3.05) is 0 Å². The van der Waals surface area contributed by atoms with Crippen LogP contribution in [0.25, 0.3) is 0 Å². The zero-order valence-corrected chi connectivity index (χ0v) is 12.7. The van der Waals surface area contributed by atoms with Gasteiger partial charge in [0.15, 0.2) is 10.7 Å². The van der Waals surface area contributed by atoms with Gasteiger partial charge < -0.3 is 0 Å². The van der Waals surface area contributed by atoms with E-state index in [9.17, 15) is 22.0 Å². The van der Waals surface area contributed by atoms with Gasteiger partial charge in [-0.15, -0.1) is 0 Å². The second-order valence-corrected chi connectivity index (χ2v) is 6.17. The summed E-state index contributed by atoms with van der Waals surface area (Å²) in [7, 11) is -1.55. The van der Waals surface area contributed by atoms with Gasteiger partial charge in [-0.25, -0.2) is 13.5 Å². The molecule has 0 bridgehead atoms. The number of aryl methyl sites for hydroxylation is 3. The van der Waals surface area contributed by atoms with Crippen LogP contribution >= 0.6 is 0 Å². The van der Waals surface area contributed by atoms with Gasteiger partial charge in [-0.1, -0.05) is 0 Å². The molecule has 0 atom stereocenters. The van der Waals surface area contributed by atoms with Crippen LogP contribution in [0.5, 0.6) is 0 Å². The lowest BCUT2D eigenvalue weighted by Gasteiger charge is -2.06. The number of amides is 1. The highest BCUT2D eigenvalue weighted by Crippen LogP contribution is 2.19. The Kier molecular flexibility index (Phi) is 4.00. The van der Waals surface area contributed by atoms with Crippen LogP contribution in [0.3, 0.4) is 0 Å². The highest BCUT2D eigenvalue weighted by Gasteiger charge is 2.26. The SMILES string of the molecule is Cc1cnn(C)c1S(=O)(=O)NC(=O)c1cc(C(F)F)n(C)n1. The van der Waals surface area contributed by atoms with E-state index in [1.165, 1.54) is 27.2 Å². The average molecular weight is 333 g/mol. The second kappa shape index (κ2) is 5.48. The van der Waals surface area contributed by atoms with Crippen LogP contribution < -0.4 is 4.72 Å². The smallest absolute Gasteiger partial charge is 0.266 e. The molecular formula is C11H13F2N5O3S. The third-order valence-electron chi connectivity index (χ3n) is 2.91. The number of aromatic nitrogens is 4. The predicted octanol–water partition coefficient (Wildman–Crippen LogP) is 0.518. The Bertz CT molecular complexity index is 805. The van der Waals surface area contributed by atoms with Crippen LogP contribution in [-0.2, 0) is 24.1 Å². The van der Waals surface area contributed by atoms with E-state index in [1.807, 2.05) is 0 Å². The van der Waals surface area contributed by atoms with Gasteiger partial charge in [0, 0.05) is 19.7 Å². The molecule has 0 aliphatic carbocycles. The molecule has 2 rings (SSSR count). The molecule has 0 saturated heterocycles. The quantitative estimate of drug-likeness (QED) is 0.879. The number of rotatable bonds is 4. The average Bonchev–Trinajstić information content (AvgIpc) is 2.92. The Hall–Kier alpha value is -2.30. The van der Waals surface area contributed by atoms with Gasteiger partial charge in [0.05, 0.1) is 6.20 Å². The van der Waals surface area contributed by atoms with E-state index in [1.54, 1.807) is 4.72 Å². The molecule has 120 valence electrons. The van der Waals surface area contributed by atoms with E-state index in [0.717, 1.165) is 15.4 Å². The fourth-order valence-electron chi connectivity index (χ4n) is 1.94. The molecule has 0 aliphatic heterocycles. The number of sulfonamides is 1. The van der Waals surface area contributed by atoms with Crippen LogP contribution in [-0.4, -0.2) is 33.9 Å². The number of halogens is 2. The lowest BCUT2D eigenvalue weighted by Crippen LogP contribution is -2.32. The molecule has 2 aromatic heterocycles. The molecule has 1 N–H and O–H groups in total. The number of hydrogen-bond acceptors (Lipinski definition) is 5. The summed E-state index contributed by atoms with van der Waals surface area (Å²) in [6.45, 7) is 1.52. The molecular weight excluding hydrogens is 320 g/mol. The minimum Gasteiger partial charge on any atom is -0.266 e. The van der Waals surface area contributed by atoms with E-state index in [2.05, 4.69) is 10.2 Å². The summed E-state index contributed by atoms with van der Waals surface area (Å²) >= 11 is 0. The Morgan fingerprint density at radius 2 is 1.95 bits per heavy atom. The molecule has 0 aliphatic rings. The maximum atomic E-state index is 12.6. The first kappa shape index (κ1) is 16.1. The minimum absolute atomic E-state index is 0.189. The first-order valence-electron chi connectivity index (χ1n) is 6.01. The molecule has 8 nitrogen and oxygen atoms in total. The topological polar surface area (TPSA) is 98.9 Å². The largest absolute Gasteiger partial charge is 0.285 e. The number of nitrogens with zero attached hydrogens (tertiary/aromatic N) is 4. The van der Waals surface area contributed by atoms with Gasteiger partial charge in [-0.3, -0.25) is 14.2 Å². The summed E-state index contributed by atoms with van der Waals surface area (Å²) in [4.78, 5) is 11.9. The Morgan fingerprint density at radius 3 is 2.41 bits per heavy atom. The van der Waals surface area contributed by atoms with E-state index in [-0.39, 0.29) is 5.03 Å². The lowest BCUT2D eigenvalue weighted by atomic mass is 10.3. The third kappa shape index (κ3) is 2.84. The summed E-state index contributed by atoms with van der Waals surface area (Å²) in [6.07, 6.45) is -1.50. The van der Waals surface area contributed by atoms with Crippen molar-refractivity contribution in [2.45, 2.75) is 18.4 Å². The van der Waals surface area contributed by atoms with Crippen molar-refractivity contribution in [3.05, 3.63) is 29.2 Å². The Balaban J connectivity index is 2.31. The summed E-state index contributed by atoms with van der Waals surface area (Å²) < 4.78 is 53.3. The van der Waals surface area contributed by atoms with Crippen LogP contribution in [0.4, 0.5) is 8.78 Å². The zero-order valence-electron chi connectivity index (χ0n) is 11.9. The summed E-state index contributed by atoms with van der Waals surface area (Å²) in [5.74, 6) is -1.09. The summed E-state index contributed by atoms with van der Waals surface area (Å²) in [5.41, 5.74) is -0.558. The third-order valence-corrected chi connectivity index (χ3v) is 4.46. The van der Waals surface area contributed by atoms with Crippen molar-refractivity contribution in [1.82, 2.24) is 24.3 Å². The van der Waals surface area contributed by atoms with Crippen molar-refractivity contribution in [1.29, 1.82) is 0 Å².